The highest BCUT2D eigenvalue weighted by molar-refractivity contribution is 6.25. The lowest BCUT2D eigenvalue weighted by Crippen LogP contribution is -1.99. The summed E-state index contributed by atoms with van der Waals surface area (Å²) in [6.07, 6.45) is 2.39. The van der Waals surface area contributed by atoms with Gasteiger partial charge in [-0.25, -0.2) is 0 Å². The molecular weight excluding hydrogens is 528 g/mol. The molecule has 0 spiro atoms. The first-order valence-corrected chi connectivity index (χ1v) is 15.5. The van der Waals surface area contributed by atoms with Crippen molar-refractivity contribution in [3.63, 3.8) is 0 Å². The van der Waals surface area contributed by atoms with E-state index >= 15 is 0 Å². The van der Waals surface area contributed by atoms with Crippen molar-refractivity contribution in [1.29, 1.82) is 0 Å². The zero-order chi connectivity index (χ0) is 29.2. The van der Waals surface area contributed by atoms with E-state index in [1.165, 1.54) is 87.6 Å². The number of benzene rings is 8. The minimum Gasteiger partial charge on any atom is -0.0622 e. The second-order valence-electron chi connectivity index (χ2n) is 12.1. The molecule has 0 nitrogen and oxygen atoms in total. The molecule has 0 heteroatoms. The van der Waals surface area contributed by atoms with Crippen LogP contribution in [0.2, 0.25) is 0 Å². The molecule has 8 aromatic carbocycles. The summed E-state index contributed by atoms with van der Waals surface area (Å²) in [6, 6.07) is 56.1. The van der Waals surface area contributed by atoms with E-state index in [0.29, 0.717) is 5.92 Å². The molecule has 1 aliphatic rings. The molecule has 0 radical (unpaired) electrons. The second kappa shape index (κ2) is 9.79. The van der Waals surface area contributed by atoms with E-state index in [2.05, 4.69) is 165 Å². The van der Waals surface area contributed by atoms with Crippen molar-refractivity contribution in [1.82, 2.24) is 0 Å². The minimum atomic E-state index is 0.317. The van der Waals surface area contributed by atoms with Crippen LogP contribution >= 0.6 is 0 Å². The van der Waals surface area contributed by atoms with E-state index in [1.807, 2.05) is 0 Å². The summed E-state index contributed by atoms with van der Waals surface area (Å²) in [5, 5.41) is 10.3. The van der Waals surface area contributed by atoms with Gasteiger partial charge in [0.05, 0.1) is 0 Å². The molecule has 0 heterocycles. The maximum absolute atomic E-state index is 2.42. The van der Waals surface area contributed by atoms with Gasteiger partial charge in [0.15, 0.2) is 0 Å². The molecular formula is C44H30. The average Bonchev–Trinajstić information content (AvgIpc) is 3.42. The molecule has 0 saturated heterocycles. The fourth-order valence-electron chi connectivity index (χ4n) is 7.77. The lowest BCUT2D eigenvalue weighted by molar-refractivity contribution is 0.977. The summed E-state index contributed by atoms with van der Waals surface area (Å²) >= 11 is 0. The van der Waals surface area contributed by atoms with Gasteiger partial charge in [-0.15, -0.1) is 0 Å². The Balaban J connectivity index is 1.34. The van der Waals surface area contributed by atoms with Crippen LogP contribution in [0.4, 0.5) is 0 Å². The van der Waals surface area contributed by atoms with Crippen LogP contribution in [-0.2, 0) is 0 Å². The van der Waals surface area contributed by atoms with Gasteiger partial charge < -0.3 is 0 Å². The normalized spacial score (nSPS) is 14.4. The van der Waals surface area contributed by atoms with Crippen molar-refractivity contribution < 1.29 is 0 Å². The minimum absolute atomic E-state index is 0.317. The molecule has 1 unspecified atom stereocenters. The zero-order valence-electron chi connectivity index (χ0n) is 24.6. The summed E-state index contributed by atoms with van der Waals surface area (Å²) in [6.45, 7) is 2.27. The fourth-order valence-corrected chi connectivity index (χ4v) is 7.77. The van der Waals surface area contributed by atoms with Crippen LogP contribution in [0.15, 0.2) is 157 Å². The van der Waals surface area contributed by atoms with Gasteiger partial charge in [0.25, 0.3) is 0 Å². The highest BCUT2D eigenvalue weighted by Crippen LogP contribution is 2.48. The number of hydrogen-bond donors (Lipinski definition) is 0. The molecule has 44 heavy (non-hydrogen) atoms. The standard InChI is InChI=1S/C44H30/c1-28-25-32-26-31(23-24-34(32)42(28)29-13-3-2-4-14-29)43-37-19-9-11-21-39(37)44(40-22-12-10-20-38(40)43)41-27-30-15-5-6-16-33(30)35-17-7-8-18-36(35)41/h2-27,42H,1H3. The molecule has 206 valence electrons. The Bertz CT molecular complexity index is 2390. The topological polar surface area (TPSA) is 0 Å². The molecule has 0 aliphatic heterocycles. The molecule has 0 fully saturated rings. The maximum Gasteiger partial charge on any atom is 0.0305 e. The predicted octanol–water partition coefficient (Wildman–Crippen LogP) is 12.2. The number of rotatable bonds is 3. The first kappa shape index (κ1) is 25.1. The molecule has 8 aromatic rings. The van der Waals surface area contributed by atoms with Crippen LogP contribution in [0, 0.1) is 0 Å². The van der Waals surface area contributed by atoms with Crippen LogP contribution in [0.5, 0.6) is 0 Å². The Hall–Kier alpha value is -5.46. The lowest BCUT2D eigenvalue weighted by atomic mass is 9.83. The third-order valence-electron chi connectivity index (χ3n) is 9.63. The van der Waals surface area contributed by atoms with Crippen molar-refractivity contribution in [2.45, 2.75) is 12.8 Å². The third kappa shape index (κ3) is 3.71. The third-order valence-corrected chi connectivity index (χ3v) is 9.63. The smallest absolute Gasteiger partial charge is 0.0305 e. The van der Waals surface area contributed by atoms with Crippen LogP contribution in [0.3, 0.4) is 0 Å². The van der Waals surface area contributed by atoms with Crippen molar-refractivity contribution in [3.05, 3.63) is 174 Å². The number of allylic oxidation sites excluding steroid dienone is 1. The Morgan fingerprint density at radius 1 is 0.432 bits per heavy atom. The highest BCUT2D eigenvalue weighted by Gasteiger charge is 2.25. The van der Waals surface area contributed by atoms with Crippen LogP contribution < -0.4 is 0 Å². The number of hydrogen-bond acceptors (Lipinski definition) is 0. The molecule has 0 N–H and O–H groups in total. The van der Waals surface area contributed by atoms with Crippen molar-refractivity contribution in [2.24, 2.45) is 0 Å². The van der Waals surface area contributed by atoms with Gasteiger partial charge >= 0.3 is 0 Å². The van der Waals surface area contributed by atoms with Crippen molar-refractivity contribution in [2.75, 3.05) is 0 Å². The van der Waals surface area contributed by atoms with Gasteiger partial charge in [-0.2, -0.15) is 0 Å². The quantitative estimate of drug-likeness (QED) is 0.149. The van der Waals surface area contributed by atoms with Gasteiger partial charge in [-0.3, -0.25) is 0 Å². The summed E-state index contributed by atoms with van der Waals surface area (Å²) in [4.78, 5) is 0. The molecule has 0 saturated carbocycles. The Labute approximate surface area is 257 Å². The second-order valence-corrected chi connectivity index (χ2v) is 12.1. The van der Waals surface area contributed by atoms with Gasteiger partial charge in [0.1, 0.15) is 0 Å². The van der Waals surface area contributed by atoms with Gasteiger partial charge in [0.2, 0.25) is 0 Å². The van der Waals surface area contributed by atoms with Gasteiger partial charge in [-0.1, -0.05) is 151 Å². The van der Waals surface area contributed by atoms with Gasteiger partial charge in [0, 0.05) is 5.92 Å². The Morgan fingerprint density at radius 3 is 1.66 bits per heavy atom. The molecule has 0 amide bonds. The highest BCUT2D eigenvalue weighted by atomic mass is 14.3. The van der Waals surface area contributed by atoms with E-state index < -0.39 is 0 Å². The first-order chi connectivity index (χ1) is 21.8. The summed E-state index contributed by atoms with van der Waals surface area (Å²) in [7, 11) is 0. The van der Waals surface area contributed by atoms with E-state index in [4.69, 9.17) is 0 Å². The fraction of sp³-hybridized carbons (Fsp3) is 0.0455. The monoisotopic (exact) mass is 558 g/mol. The van der Waals surface area contributed by atoms with Crippen LogP contribution in [-0.4, -0.2) is 0 Å². The SMILES string of the molecule is CC1=Cc2cc(-c3c4ccccc4c(-c4cc5ccccc5c5ccccc45)c4ccccc34)ccc2C1c1ccccc1. The van der Waals surface area contributed by atoms with Gasteiger partial charge in [-0.05, 0) is 101 Å². The molecule has 9 rings (SSSR count). The first-order valence-electron chi connectivity index (χ1n) is 15.5. The van der Waals surface area contributed by atoms with E-state index in [-0.39, 0.29) is 0 Å². The summed E-state index contributed by atoms with van der Waals surface area (Å²) in [5.74, 6) is 0.317. The summed E-state index contributed by atoms with van der Waals surface area (Å²) < 4.78 is 0. The predicted molar refractivity (Wildman–Crippen MR) is 189 cm³/mol. The average molecular weight is 559 g/mol. The lowest BCUT2D eigenvalue weighted by Gasteiger charge is -2.20. The Kier molecular flexibility index (Phi) is 5.58. The largest absolute Gasteiger partial charge is 0.0622 e. The number of fused-ring (bicyclic) bond motifs is 6. The van der Waals surface area contributed by atoms with E-state index in [9.17, 15) is 0 Å². The molecule has 0 bridgehead atoms. The van der Waals surface area contributed by atoms with E-state index in [1.54, 1.807) is 0 Å². The summed E-state index contributed by atoms with van der Waals surface area (Å²) in [5.41, 5.74) is 10.6. The molecule has 1 aliphatic carbocycles. The Morgan fingerprint density at radius 2 is 0.977 bits per heavy atom. The van der Waals surface area contributed by atoms with E-state index in [0.717, 1.165) is 0 Å². The van der Waals surface area contributed by atoms with Crippen LogP contribution in [0.25, 0.3) is 71.4 Å². The van der Waals surface area contributed by atoms with Crippen LogP contribution in [0.1, 0.15) is 29.5 Å². The zero-order valence-corrected chi connectivity index (χ0v) is 24.6. The molecule has 1 atom stereocenters. The van der Waals surface area contributed by atoms with Crippen molar-refractivity contribution >= 4 is 49.2 Å². The van der Waals surface area contributed by atoms with Crippen molar-refractivity contribution in [3.8, 4) is 22.3 Å². The molecule has 0 aromatic heterocycles. The maximum atomic E-state index is 2.42.